The number of sulfone groups is 1. The van der Waals surface area contributed by atoms with Gasteiger partial charge in [0, 0.05) is 18.2 Å². The Kier molecular flexibility index (Phi) is 3.81. The molecule has 0 spiro atoms. The van der Waals surface area contributed by atoms with Crippen molar-refractivity contribution in [1.82, 2.24) is 0 Å². The van der Waals surface area contributed by atoms with E-state index in [1.54, 1.807) is 0 Å². The van der Waals surface area contributed by atoms with Crippen molar-refractivity contribution in [3.8, 4) is 0 Å². The molecule has 10 heteroatoms. The fourth-order valence-corrected chi connectivity index (χ4v) is 3.79. The zero-order chi connectivity index (χ0) is 15.8. The Morgan fingerprint density at radius 2 is 2.14 bits per heavy atom. The van der Waals surface area contributed by atoms with Gasteiger partial charge in [-0.1, -0.05) is 0 Å². The largest absolute Gasteiger partial charge is 0.478 e. The lowest BCUT2D eigenvalue weighted by atomic mass is 10.1. The Morgan fingerprint density at radius 1 is 1.48 bits per heavy atom. The van der Waals surface area contributed by atoms with E-state index in [2.05, 4.69) is 5.32 Å². The van der Waals surface area contributed by atoms with Crippen LogP contribution in [0.4, 0.5) is 15.8 Å². The summed E-state index contributed by atoms with van der Waals surface area (Å²) in [7, 11) is -3.20. The molecule has 114 valence electrons. The van der Waals surface area contributed by atoms with Crippen LogP contribution >= 0.6 is 0 Å². The molecular formula is C11H11FN2O6S. The Morgan fingerprint density at radius 3 is 2.62 bits per heavy atom. The summed E-state index contributed by atoms with van der Waals surface area (Å²) in [6.45, 7) is 0. The van der Waals surface area contributed by atoms with Crippen molar-refractivity contribution in [2.75, 3.05) is 16.8 Å². The predicted molar refractivity (Wildman–Crippen MR) is 70.7 cm³/mol. The molecule has 0 bridgehead atoms. The number of carboxylic acids is 1. The normalized spacial score (nSPS) is 20.1. The monoisotopic (exact) mass is 318 g/mol. The third kappa shape index (κ3) is 3.27. The molecular weight excluding hydrogens is 307 g/mol. The highest BCUT2D eigenvalue weighted by molar-refractivity contribution is 7.91. The van der Waals surface area contributed by atoms with E-state index in [0.29, 0.717) is 12.1 Å². The number of hydrogen-bond donors (Lipinski definition) is 2. The van der Waals surface area contributed by atoms with E-state index in [1.807, 2.05) is 0 Å². The summed E-state index contributed by atoms with van der Waals surface area (Å²) in [5, 5.41) is 22.3. The molecule has 8 nitrogen and oxygen atoms in total. The summed E-state index contributed by atoms with van der Waals surface area (Å²) in [5.41, 5.74) is -1.66. The van der Waals surface area contributed by atoms with Crippen LogP contribution in [0.3, 0.4) is 0 Å². The van der Waals surface area contributed by atoms with Gasteiger partial charge in [0.15, 0.2) is 9.84 Å². The molecule has 0 aliphatic carbocycles. The standard InChI is InChI=1S/C11H11FN2O6S/c12-8-4-9(13-6-1-2-21(19,20)5-6)10(14(17)18)3-7(8)11(15)16/h3-4,6,13H,1-2,5H2,(H,15,16). The van der Waals surface area contributed by atoms with Crippen molar-refractivity contribution in [1.29, 1.82) is 0 Å². The quantitative estimate of drug-likeness (QED) is 0.627. The predicted octanol–water partition coefficient (Wildman–Crippen LogP) is 1.03. The number of nitro benzene ring substituents is 1. The van der Waals surface area contributed by atoms with Gasteiger partial charge in [-0.25, -0.2) is 17.6 Å². The van der Waals surface area contributed by atoms with Gasteiger partial charge in [-0.05, 0) is 6.42 Å². The maximum atomic E-state index is 13.6. The average Bonchev–Trinajstić information content (AvgIpc) is 2.67. The van der Waals surface area contributed by atoms with Gasteiger partial charge in [-0.2, -0.15) is 0 Å². The van der Waals surface area contributed by atoms with Gasteiger partial charge in [-0.15, -0.1) is 0 Å². The van der Waals surface area contributed by atoms with Crippen LogP contribution in [0.15, 0.2) is 12.1 Å². The number of rotatable bonds is 4. The lowest BCUT2D eigenvalue weighted by Crippen LogP contribution is -2.21. The summed E-state index contributed by atoms with van der Waals surface area (Å²) >= 11 is 0. The first-order valence-corrected chi connectivity index (χ1v) is 7.70. The molecule has 0 aromatic heterocycles. The van der Waals surface area contributed by atoms with Crippen LogP contribution in [0.5, 0.6) is 0 Å². The highest BCUT2D eigenvalue weighted by Gasteiger charge is 2.30. The number of aromatic carboxylic acids is 1. The number of benzene rings is 1. The number of hydrogen-bond acceptors (Lipinski definition) is 6. The van der Waals surface area contributed by atoms with Gasteiger partial charge in [0.25, 0.3) is 5.69 Å². The lowest BCUT2D eigenvalue weighted by Gasteiger charge is -2.13. The van der Waals surface area contributed by atoms with Gasteiger partial charge in [0.05, 0.1) is 16.4 Å². The highest BCUT2D eigenvalue weighted by atomic mass is 32.2. The van der Waals surface area contributed by atoms with Crippen molar-refractivity contribution in [2.24, 2.45) is 0 Å². The molecule has 1 fully saturated rings. The summed E-state index contributed by atoms with van der Waals surface area (Å²) in [4.78, 5) is 20.9. The number of nitrogens with one attached hydrogen (secondary N) is 1. The first-order chi connectivity index (χ1) is 9.69. The van der Waals surface area contributed by atoms with Crippen molar-refractivity contribution in [3.63, 3.8) is 0 Å². The molecule has 1 aromatic rings. The molecule has 1 heterocycles. The maximum Gasteiger partial charge on any atom is 0.338 e. The maximum absolute atomic E-state index is 13.6. The fraction of sp³-hybridized carbons (Fsp3) is 0.364. The molecule has 1 unspecified atom stereocenters. The van der Waals surface area contributed by atoms with Crippen molar-refractivity contribution in [3.05, 3.63) is 33.6 Å². The second kappa shape index (κ2) is 5.28. The number of nitrogens with zero attached hydrogens (tertiary/aromatic N) is 1. The average molecular weight is 318 g/mol. The molecule has 1 aliphatic rings. The second-order valence-corrected chi connectivity index (χ2v) is 6.88. The smallest absolute Gasteiger partial charge is 0.338 e. The summed E-state index contributed by atoms with van der Waals surface area (Å²) in [5.74, 6) is -3.00. The van der Waals surface area contributed by atoms with Crippen LogP contribution in [-0.2, 0) is 9.84 Å². The lowest BCUT2D eigenvalue weighted by molar-refractivity contribution is -0.384. The number of halogens is 1. The van der Waals surface area contributed by atoms with Crippen LogP contribution in [0.1, 0.15) is 16.8 Å². The van der Waals surface area contributed by atoms with Crippen LogP contribution in [0.25, 0.3) is 0 Å². The Bertz CT molecular complexity index is 718. The Balaban J connectivity index is 2.37. The number of anilines is 1. The Hall–Kier alpha value is -2.23. The van der Waals surface area contributed by atoms with E-state index < -0.39 is 43.8 Å². The van der Waals surface area contributed by atoms with Gasteiger partial charge >= 0.3 is 5.97 Å². The van der Waals surface area contributed by atoms with Gasteiger partial charge in [0.2, 0.25) is 0 Å². The van der Waals surface area contributed by atoms with E-state index in [9.17, 15) is 27.7 Å². The topological polar surface area (TPSA) is 127 Å². The third-order valence-electron chi connectivity index (χ3n) is 3.10. The van der Waals surface area contributed by atoms with E-state index in [4.69, 9.17) is 5.11 Å². The summed E-state index contributed by atoms with van der Waals surface area (Å²) < 4.78 is 36.3. The minimum Gasteiger partial charge on any atom is -0.478 e. The Labute approximate surface area is 118 Å². The molecule has 1 aromatic carbocycles. The minimum atomic E-state index is -3.20. The number of carboxylic acid groups (broad SMARTS) is 1. The zero-order valence-corrected chi connectivity index (χ0v) is 11.4. The molecule has 2 rings (SSSR count). The van der Waals surface area contributed by atoms with Gasteiger partial charge in [0.1, 0.15) is 17.1 Å². The van der Waals surface area contributed by atoms with Crippen LogP contribution in [-0.4, -0.2) is 42.0 Å². The molecule has 21 heavy (non-hydrogen) atoms. The fourth-order valence-electron chi connectivity index (χ4n) is 2.12. The van der Waals surface area contributed by atoms with Gasteiger partial charge < -0.3 is 10.4 Å². The molecule has 2 N–H and O–H groups in total. The van der Waals surface area contributed by atoms with Crippen LogP contribution in [0.2, 0.25) is 0 Å². The molecule has 1 saturated heterocycles. The first-order valence-electron chi connectivity index (χ1n) is 5.88. The summed E-state index contributed by atoms with van der Waals surface area (Å²) in [6, 6.07) is 0.750. The molecule has 1 aliphatic heterocycles. The van der Waals surface area contributed by atoms with E-state index in [0.717, 1.165) is 0 Å². The van der Waals surface area contributed by atoms with Crippen molar-refractivity contribution < 1.29 is 27.6 Å². The molecule has 0 amide bonds. The molecule has 0 saturated carbocycles. The number of nitro groups is 1. The van der Waals surface area contributed by atoms with E-state index >= 15 is 0 Å². The minimum absolute atomic E-state index is 0.0475. The van der Waals surface area contributed by atoms with Crippen LogP contribution in [0, 0.1) is 15.9 Å². The van der Waals surface area contributed by atoms with E-state index in [-0.39, 0.29) is 23.6 Å². The highest BCUT2D eigenvalue weighted by Crippen LogP contribution is 2.30. The van der Waals surface area contributed by atoms with Crippen molar-refractivity contribution in [2.45, 2.75) is 12.5 Å². The third-order valence-corrected chi connectivity index (χ3v) is 4.87. The number of carbonyl (C=O) groups is 1. The van der Waals surface area contributed by atoms with Gasteiger partial charge in [-0.3, -0.25) is 10.1 Å². The van der Waals surface area contributed by atoms with Crippen molar-refractivity contribution >= 4 is 27.2 Å². The zero-order valence-electron chi connectivity index (χ0n) is 10.6. The van der Waals surface area contributed by atoms with E-state index in [1.165, 1.54) is 0 Å². The second-order valence-electron chi connectivity index (χ2n) is 4.66. The van der Waals surface area contributed by atoms with Crippen LogP contribution < -0.4 is 5.32 Å². The molecule has 0 radical (unpaired) electrons. The SMILES string of the molecule is O=C(O)c1cc([N+](=O)[O-])c(NC2CCS(=O)(=O)C2)cc1F. The summed E-state index contributed by atoms with van der Waals surface area (Å²) in [6.07, 6.45) is 0.252. The first kappa shape index (κ1) is 15.2. The molecule has 1 atom stereocenters.